The van der Waals surface area contributed by atoms with Crippen molar-refractivity contribution in [3.05, 3.63) is 94.5 Å². The van der Waals surface area contributed by atoms with Crippen molar-refractivity contribution >= 4 is 39.4 Å². The summed E-state index contributed by atoms with van der Waals surface area (Å²) in [7, 11) is -4.28. The van der Waals surface area contributed by atoms with Gasteiger partial charge in [0.25, 0.3) is 15.9 Å². The van der Waals surface area contributed by atoms with Crippen LogP contribution in [0.3, 0.4) is 0 Å². The van der Waals surface area contributed by atoms with Gasteiger partial charge in [0, 0.05) is 5.56 Å². The largest absolute Gasteiger partial charge is 0.271 e. The lowest BCUT2D eigenvalue weighted by molar-refractivity contribution is -0.119. The maximum absolute atomic E-state index is 14.4. The zero-order chi connectivity index (χ0) is 23.3. The Labute approximate surface area is 189 Å². The van der Waals surface area contributed by atoms with Crippen LogP contribution >= 0.6 is 11.6 Å². The third-order valence-electron chi connectivity index (χ3n) is 4.40. The van der Waals surface area contributed by atoms with Crippen molar-refractivity contribution in [2.45, 2.75) is 11.8 Å². The molecule has 0 atom stereocenters. The average Bonchev–Trinajstić information content (AvgIpc) is 2.75. The second kappa shape index (κ2) is 9.88. The van der Waals surface area contributed by atoms with Crippen molar-refractivity contribution in [2.75, 3.05) is 10.8 Å². The number of nitrogens with zero attached hydrogens (tertiary/aromatic N) is 2. The first-order valence-corrected chi connectivity index (χ1v) is 11.1. The molecule has 6 nitrogen and oxygen atoms in total. The van der Waals surface area contributed by atoms with Crippen LogP contribution in [0.4, 0.5) is 14.5 Å². The SMILES string of the molecule is Cc1ccc(S(=O)(=O)N(CC(=O)N/N=C\c2c(F)cccc2Cl)c2ccccc2F)cc1. The first-order chi connectivity index (χ1) is 15.2. The lowest BCUT2D eigenvalue weighted by atomic mass is 10.2. The fourth-order valence-corrected chi connectivity index (χ4v) is 4.40. The minimum atomic E-state index is -4.28. The summed E-state index contributed by atoms with van der Waals surface area (Å²) in [5.41, 5.74) is 2.60. The van der Waals surface area contributed by atoms with Crippen LogP contribution in [0, 0.1) is 18.6 Å². The molecule has 0 fully saturated rings. The Morgan fingerprint density at radius 2 is 1.69 bits per heavy atom. The molecule has 166 valence electrons. The van der Waals surface area contributed by atoms with E-state index in [2.05, 4.69) is 10.5 Å². The van der Waals surface area contributed by atoms with Crippen molar-refractivity contribution < 1.29 is 22.0 Å². The minimum Gasteiger partial charge on any atom is -0.271 e. The molecule has 1 amide bonds. The molecule has 0 saturated heterocycles. The number of para-hydroxylation sites is 1. The number of anilines is 1. The van der Waals surface area contributed by atoms with Crippen molar-refractivity contribution in [3.63, 3.8) is 0 Å². The number of sulfonamides is 1. The van der Waals surface area contributed by atoms with Gasteiger partial charge in [0.2, 0.25) is 0 Å². The van der Waals surface area contributed by atoms with E-state index >= 15 is 0 Å². The summed E-state index contributed by atoms with van der Waals surface area (Å²) < 4.78 is 55.3. The molecule has 0 bridgehead atoms. The molecule has 1 N–H and O–H groups in total. The fraction of sp³-hybridized carbons (Fsp3) is 0.0909. The van der Waals surface area contributed by atoms with Crippen LogP contribution in [0.25, 0.3) is 0 Å². The monoisotopic (exact) mass is 477 g/mol. The van der Waals surface area contributed by atoms with Gasteiger partial charge in [-0.1, -0.05) is 47.5 Å². The van der Waals surface area contributed by atoms with E-state index in [0.717, 1.165) is 17.8 Å². The van der Waals surface area contributed by atoms with Gasteiger partial charge in [-0.15, -0.1) is 0 Å². The number of rotatable bonds is 7. The molecule has 0 aliphatic heterocycles. The van der Waals surface area contributed by atoms with E-state index < -0.39 is 34.1 Å². The number of carbonyl (C=O) groups excluding carboxylic acids is 1. The Kier molecular flexibility index (Phi) is 7.22. The summed E-state index contributed by atoms with van der Waals surface area (Å²) in [5, 5.41) is 3.72. The Morgan fingerprint density at radius 1 is 1.03 bits per heavy atom. The fourth-order valence-electron chi connectivity index (χ4n) is 2.76. The van der Waals surface area contributed by atoms with Crippen LogP contribution in [0.15, 0.2) is 76.7 Å². The van der Waals surface area contributed by atoms with Gasteiger partial charge >= 0.3 is 0 Å². The Balaban J connectivity index is 1.88. The molecule has 0 saturated carbocycles. The highest BCUT2D eigenvalue weighted by atomic mass is 35.5. The molecule has 0 aromatic heterocycles. The van der Waals surface area contributed by atoms with E-state index in [4.69, 9.17) is 11.6 Å². The normalized spacial score (nSPS) is 11.5. The number of carbonyl (C=O) groups is 1. The van der Waals surface area contributed by atoms with E-state index in [1.165, 1.54) is 48.5 Å². The van der Waals surface area contributed by atoms with Gasteiger partial charge in [-0.2, -0.15) is 5.10 Å². The smallest absolute Gasteiger partial charge is 0.264 e. The highest BCUT2D eigenvalue weighted by Gasteiger charge is 2.29. The van der Waals surface area contributed by atoms with Crippen molar-refractivity contribution in [3.8, 4) is 0 Å². The van der Waals surface area contributed by atoms with E-state index in [-0.39, 0.29) is 21.2 Å². The van der Waals surface area contributed by atoms with Crippen LogP contribution in [0.2, 0.25) is 5.02 Å². The highest BCUT2D eigenvalue weighted by molar-refractivity contribution is 7.92. The van der Waals surface area contributed by atoms with Gasteiger partial charge < -0.3 is 0 Å². The molecule has 0 spiro atoms. The van der Waals surface area contributed by atoms with Crippen LogP contribution in [0.1, 0.15) is 11.1 Å². The Hall–Kier alpha value is -3.30. The summed E-state index contributed by atoms with van der Waals surface area (Å²) in [6, 6.07) is 15.1. The molecule has 0 heterocycles. The molecule has 32 heavy (non-hydrogen) atoms. The quantitative estimate of drug-likeness (QED) is 0.407. The van der Waals surface area contributed by atoms with E-state index in [9.17, 15) is 22.0 Å². The van der Waals surface area contributed by atoms with E-state index in [0.29, 0.717) is 4.31 Å². The van der Waals surface area contributed by atoms with Crippen molar-refractivity contribution in [2.24, 2.45) is 5.10 Å². The first kappa shape index (κ1) is 23.4. The van der Waals surface area contributed by atoms with Crippen molar-refractivity contribution in [1.82, 2.24) is 5.43 Å². The Morgan fingerprint density at radius 3 is 2.34 bits per heavy atom. The van der Waals surface area contributed by atoms with Gasteiger partial charge in [-0.05, 0) is 43.3 Å². The third-order valence-corrected chi connectivity index (χ3v) is 6.50. The standard InChI is InChI=1S/C22H18ClF2N3O3S/c1-15-9-11-16(12-10-15)32(30,31)28(21-8-3-2-6-20(21)25)14-22(29)27-26-13-17-18(23)5-4-7-19(17)24/h2-13H,14H2,1H3,(H,27,29)/b26-13-. The zero-order valence-corrected chi connectivity index (χ0v) is 18.4. The summed E-state index contributed by atoms with van der Waals surface area (Å²) in [5.74, 6) is -2.34. The number of hydrogen-bond acceptors (Lipinski definition) is 4. The second-order valence-electron chi connectivity index (χ2n) is 6.70. The van der Waals surface area contributed by atoms with Crippen molar-refractivity contribution in [1.29, 1.82) is 0 Å². The highest BCUT2D eigenvalue weighted by Crippen LogP contribution is 2.26. The van der Waals surface area contributed by atoms with Gasteiger partial charge in [0.1, 0.15) is 18.2 Å². The Bertz CT molecular complexity index is 1250. The number of hydrogen-bond donors (Lipinski definition) is 1. The maximum Gasteiger partial charge on any atom is 0.264 e. The van der Waals surface area contributed by atoms with Crippen LogP contribution in [-0.4, -0.2) is 27.1 Å². The van der Waals surface area contributed by atoms with Gasteiger partial charge in [0.05, 0.1) is 21.8 Å². The first-order valence-electron chi connectivity index (χ1n) is 9.30. The predicted octanol–water partition coefficient (Wildman–Crippen LogP) is 4.27. The van der Waals surface area contributed by atoms with Crippen LogP contribution in [0.5, 0.6) is 0 Å². The van der Waals surface area contributed by atoms with E-state index in [1.807, 2.05) is 0 Å². The summed E-state index contributed by atoms with van der Waals surface area (Å²) >= 11 is 5.89. The third kappa shape index (κ3) is 5.30. The summed E-state index contributed by atoms with van der Waals surface area (Å²) in [4.78, 5) is 12.3. The summed E-state index contributed by atoms with van der Waals surface area (Å²) in [6.07, 6.45) is 0.997. The minimum absolute atomic E-state index is 0.0484. The second-order valence-corrected chi connectivity index (χ2v) is 8.97. The molecule has 0 unspecified atom stereocenters. The van der Waals surface area contributed by atoms with Gasteiger partial charge in [0.15, 0.2) is 0 Å². The number of halogens is 3. The predicted molar refractivity (Wildman–Crippen MR) is 119 cm³/mol. The topological polar surface area (TPSA) is 78.8 Å². The number of amides is 1. The molecule has 10 heteroatoms. The molecule has 0 aliphatic carbocycles. The number of aryl methyl sites for hydroxylation is 1. The number of hydrazone groups is 1. The summed E-state index contributed by atoms with van der Waals surface area (Å²) in [6.45, 7) is 1.03. The van der Waals surface area contributed by atoms with E-state index in [1.54, 1.807) is 19.1 Å². The number of nitrogens with one attached hydrogen (secondary N) is 1. The zero-order valence-electron chi connectivity index (χ0n) is 16.8. The van der Waals surface area contributed by atoms with Gasteiger partial charge in [-0.3, -0.25) is 9.10 Å². The lowest BCUT2D eigenvalue weighted by Gasteiger charge is -2.24. The van der Waals surface area contributed by atoms with Crippen LogP contribution in [-0.2, 0) is 14.8 Å². The molecule has 0 radical (unpaired) electrons. The number of benzene rings is 3. The average molecular weight is 478 g/mol. The van der Waals surface area contributed by atoms with Crippen LogP contribution < -0.4 is 9.73 Å². The molecule has 3 aromatic rings. The molecular weight excluding hydrogens is 460 g/mol. The van der Waals surface area contributed by atoms with Gasteiger partial charge in [-0.25, -0.2) is 22.6 Å². The molecule has 0 aliphatic rings. The molecular formula is C22H18ClF2N3O3S. The molecule has 3 rings (SSSR count). The maximum atomic E-state index is 14.4. The lowest BCUT2D eigenvalue weighted by Crippen LogP contribution is -2.40. The molecule has 3 aromatic carbocycles.